The van der Waals surface area contributed by atoms with Crippen molar-refractivity contribution in [2.75, 3.05) is 29.6 Å². The lowest BCUT2D eigenvalue weighted by atomic mass is 10.0. The van der Waals surface area contributed by atoms with E-state index in [0.29, 0.717) is 54.1 Å². The molecule has 5 rings (SSSR count). The Morgan fingerprint density at radius 2 is 2.17 bits per heavy atom. The maximum atomic E-state index is 15.2. The van der Waals surface area contributed by atoms with E-state index in [1.165, 1.54) is 6.07 Å². The standard InChI is InChI=1S/C24H25FN6O4S/c25-21-9-17(31-13-19(34-24(31)14-33)12-30-6-5-27-29-30)2-3-20(21)16-1-4-22(26-11-16)23-10-18(35-28-23)15-36-8-7-32/h1-6,9,11,14,18-19,24,32H,7-8,10,12-13,15H2/t18-,19-,24?/m0/s1. The highest BCUT2D eigenvalue weighted by atomic mass is 32.2. The maximum Gasteiger partial charge on any atom is 0.187 e. The lowest BCUT2D eigenvalue weighted by molar-refractivity contribution is -0.117. The lowest BCUT2D eigenvalue weighted by Crippen LogP contribution is -2.31. The van der Waals surface area contributed by atoms with Gasteiger partial charge in [0, 0.05) is 53.7 Å². The van der Waals surface area contributed by atoms with E-state index in [2.05, 4.69) is 20.5 Å². The molecular weight excluding hydrogens is 487 g/mol. The number of aliphatic hydroxyl groups is 1. The van der Waals surface area contributed by atoms with Crippen LogP contribution < -0.4 is 4.90 Å². The number of oxime groups is 1. The normalized spacial score (nSPS) is 21.4. The molecule has 1 fully saturated rings. The van der Waals surface area contributed by atoms with E-state index in [1.807, 2.05) is 0 Å². The predicted octanol–water partition coefficient (Wildman–Crippen LogP) is 2.13. The van der Waals surface area contributed by atoms with E-state index in [4.69, 9.17) is 14.7 Å². The topological polar surface area (TPSA) is 115 Å². The monoisotopic (exact) mass is 512 g/mol. The van der Waals surface area contributed by atoms with Crippen molar-refractivity contribution in [2.45, 2.75) is 31.4 Å². The van der Waals surface area contributed by atoms with Crippen molar-refractivity contribution in [1.29, 1.82) is 0 Å². The molecule has 1 unspecified atom stereocenters. The van der Waals surface area contributed by atoms with Crippen LogP contribution in [0.25, 0.3) is 11.1 Å². The van der Waals surface area contributed by atoms with Gasteiger partial charge in [0.15, 0.2) is 12.5 Å². The summed E-state index contributed by atoms with van der Waals surface area (Å²) >= 11 is 1.61. The zero-order valence-corrected chi connectivity index (χ0v) is 20.1. The van der Waals surface area contributed by atoms with Gasteiger partial charge in [-0.25, -0.2) is 9.07 Å². The molecule has 1 saturated heterocycles. The summed E-state index contributed by atoms with van der Waals surface area (Å²) in [5.74, 6) is 0.989. The van der Waals surface area contributed by atoms with E-state index in [9.17, 15) is 4.79 Å². The number of pyridine rings is 1. The average Bonchev–Trinajstić information content (AvgIpc) is 3.66. The van der Waals surface area contributed by atoms with E-state index < -0.39 is 12.0 Å². The summed E-state index contributed by atoms with van der Waals surface area (Å²) in [6, 6.07) is 8.47. The highest BCUT2D eigenvalue weighted by molar-refractivity contribution is 7.99. The van der Waals surface area contributed by atoms with Crippen molar-refractivity contribution >= 4 is 29.4 Å². The number of aliphatic hydroxyl groups excluding tert-OH is 1. The van der Waals surface area contributed by atoms with Gasteiger partial charge in [0.2, 0.25) is 0 Å². The molecule has 0 bridgehead atoms. The van der Waals surface area contributed by atoms with Crippen molar-refractivity contribution < 1.29 is 23.9 Å². The average molecular weight is 513 g/mol. The fourth-order valence-corrected chi connectivity index (χ4v) is 4.96. The number of carbonyl (C=O) groups excluding carboxylic acids is 1. The van der Waals surface area contributed by atoms with Crippen molar-refractivity contribution in [3.8, 4) is 11.1 Å². The van der Waals surface area contributed by atoms with E-state index in [0.717, 1.165) is 11.5 Å². The van der Waals surface area contributed by atoms with E-state index in [1.54, 1.807) is 64.2 Å². The summed E-state index contributed by atoms with van der Waals surface area (Å²) in [5.41, 5.74) is 3.03. The number of nitrogens with zero attached hydrogens (tertiary/aromatic N) is 6. The Kier molecular flexibility index (Phi) is 7.54. The molecular formula is C24H25FN6O4S. The Morgan fingerprint density at radius 3 is 2.89 bits per heavy atom. The van der Waals surface area contributed by atoms with Gasteiger partial charge >= 0.3 is 0 Å². The van der Waals surface area contributed by atoms with Gasteiger partial charge < -0.3 is 19.6 Å². The first kappa shape index (κ1) is 24.3. The molecule has 36 heavy (non-hydrogen) atoms. The van der Waals surface area contributed by atoms with Crippen molar-refractivity contribution in [3.63, 3.8) is 0 Å². The summed E-state index contributed by atoms with van der Waals surface area (Å²) in [6.07, 6.45) is 5.14. The van der Waals surface area contributed by atoms with Crippen LogP contribution >= 0.6 is 11.8 Å². The van der Waals surface area contributed by atoms with Crippen LogP contribution in [0.1, 0.15) is 12.1 Å². The molecule has 10 nitrogen and oxygen atoms in total. The molecule has 2 aliphatic heterocycles. The second-order valence-corrected chi connectivity index (χ2v) is 9.58. The predicted molar refractivity (Wildman–Crippen MR) is 132 cm³/mol. The fraction of sp³-hybridized carbons (Fsp3) is 0.375. The zero-order valence-electron chi connectivity index (χ0n) is 19.3. The number of hydrogen-bond donors (Lipinski definition) is 1. The third-order valence-corrected chi connectivity index (χ3v) is 7.02. The van der Waals surface area contributed by atoms with Crippen LogP contribution in [0.15, 0.2) is 54.1 Å². The highest BCUT2D eigenvalue weighted by Crippen LogP contribution is 2.30. The second kappa shape index (κ2) is 11.1. The van der Waals surface area contributed by atoms with Gasteiger partial charge in [-0.15, -0.1) is 5.10 Å². The molecule has 2 aliphatic rings. The van der Waals surface area contributed by atoms with Gasteiger partial charge in [-0.05, 0) is 24.3 Å². The lowest BCUT2D eigenvalue weighted by Gasteiger charge is -2.21. The van der Waals surface area contributed by atoms with Gasteiger partial charge in [0.05, 0.1) is 31.1 Å². The van der Waals surface area contributed by atoms with Crippen LogP contribution in [0, 0.1) is 5.82 Å². The van der Waals surface area contributed by atoms with Crippen molar-refractivity contribution in [3.05, 3.63) is 60.4 Å². The number of hydrogen-bond acceptors (Lipinski definition) is 10. The smallest absolute Gasteiger partial charge is 0.187 e. The molecule has 0 amide bonds. The van der Waals surface area contributed by atoms with Gasteiger partial charge in [-0.3, -0.25) is 9.78 Å². The first-order valence-corrected chi connectivity index (χ1v) is 12.7. The van der Waals surface area contributed by atoms with Gasteiger partial charge in [-0.1, -0.05) is 16.4 Å². The minimum absolute atomic E-state index is 0.0383. The van der Waals surface area contributed by atoms with Crippen LogP contribution in [0.3, 0.4) is 0 Å². The van der Waals surface area contributed by atoms with Crippen molar-refractivity contribution in [2.24, 2.45) is 5.16 Å². The number of anilines is 1. The van der Waals surface area contributed by atoms with Crippen LogP contribution in [0.2, 0.25) is 0 Å². The molecule has 3 aromatic rings. The number of thioether (sulfide) groups is 1. The highest BCUT2D eigenvalue weighted by Gasteiger charge is 2.33. The molecule has 1 N–H and O–H groups in total. The van der Waals surface area contributed by atoms with Crippen LogP contribution in [-0.2, 0) is 20.9 Å². The minimum Gasteiger partial charge on any atom is -0.396 e. The first-order chi connectivity index (χ1) is 17.6. The summed E-state index contributed by atoms with van der Waals surface area (Å²) in [6.45, 7) is 1.000. The molecule has 0 saturated carbocycles. The van der Waals surface area contributed by atoms with E-state index in [-0.39, 0.29) is 18.8 Å². The molecule has 0 radical (unpaired) electrons. The maximum absolute atomic E-state index is 15.2. The zero-order chi connectivity index (χ0) is 24.9. The quantitative estimate of drug-likeness (QED) is 0.322. The van der Waals surface area contributed by atoms with Gasteiger partial charge in [0.25, 0.3) is 0 Å². The van der Waals surface area contributed by atoms with Crippen LogP contribution in [0.4, 0.5) is 10.1 Å². The third kappa shape index (κ3) is 5.40. The van der Waals surface area contributed by atoms with Crippen LogP contribution in [-0.4, -0.2) is 80.2 Å². The molecule has 0 spiro atoms. The molecule has 2 aromatic heterocycles. The Bertz CT molecular complexity index is 1210. The third-order valence-electron chi connectivity index (χ3n) is 5.95. The minimum atomic E-state index is -0.801. The summed E-state index contributed by atoms with van der Waals surface area (Å²) < 4.78 is 22.6. The Morgan fingerprint density at radius 1 is 1.25 bits per heavy atom. The largest absolute Gasteiger partial charge is 0.396 e. The second-order valence-electron chi connectivity index (χ2n) is 8.43. The Hall–Kier alpha value is -3.35. The number of halogens is 1. The Labute approximate surface area is 211 Å². The van der Waals surface area contributed by atoms with E-state index >= 15 is 4.39 Å². The number of ether oxygens (including phenoxy) is 1. The van der Waals surface area contributed by atoms with Crippen molar-refractivity contribution in [1.82, 2.24) is 20.0 Å². The fourth-order valence-electron chi connectivity index (χ4n) is 4.22. The molecule has 12 heteroatoms. The number of carbonyl (C=O) groups is 1. The van der Waals surface area contributed by atoms with Gasteiger partial charge in [-0.2, -0.15) is 11.8 Å². The summed E-state index contributed by atoms with van der Waals surface area (Å²) in [7, 11) is 0. The Balaban J connectivity index is 1.25. The summed E-state index contributed by atoms with van der Waals surface area (Å²) in [5, 5.41) is 20.7. The molecule has 0 aliphatic carbocycles. The number of aldehydes is 1. The molecule has 1 aromatic carbocycles. The SMILES string of the molecule is O=CC1O[C@@H](Cn2ccnn2)CN1c1ccc(-c2ccc(C3=NO[C@H](CSCCO)C3)nc2)c(F)c1. The van der Waals surface area contributed by atoms with Gasteiger partial charge in [0.1, 0.15) is 17.6 Å². The number of benzene rings is 1. The first-order valence-electron chi connectivity index (χ1n) is 11.5. The summed E-state index contributed by atoms with van der Waals surface area (Å²) in [4.78, 5) is 23.3. The number of rotatable bonds is 10. The molecule has 188 valence electrons. The molecule has 3 atom stereocenters. The molecule has 4 heterocycles. The van der Waals surface area contributed by atoms with Crippen LogP contribution in [0.5, 0.6) is 0 Å². The number of aromatic nitrogens is 4.